The van der Waals surface area contributed by atoms with Gasteiger partial charge in [-0.3, -0.25) is 4.79 Å². The zero-order valence-corrected chi connectivity index (χ0v) is 16.1. The number of rotatable bonds is 4. The van der Waals surface area contributed by atoms with Crippen molar-refractivity contribution in [1.82, 2.24) is 9.88 Å². The third kappa shape index (κ3) is 3.37. The third-order valence-corrected chi connectivity index (χ3v) is 6.55. The van der Waals surface area contributed by atoms with E-state index >= 15 is 0 Å². The van der Waals surface area contributed by atoms with E-state index in [0.717, 1.165) is 30.0 Å². The third-order valence-electron chi connectivity index (χ3n) is 5.33. The van der Waals surface area contributed by atoms with Crippen LogP contribution in [0.5, 0.6) is 0 Å². The minimum Gasteiger partial charge on any atom is -0.333 e. The topological polar surface area (TPSA) is 37.6 Å². The number of carbonyl (C=O) groups excluding carboxylic acids is 1. The van der Waals surface area contributed by atoms with Crippen molar-refractivity contribution in [2.24, 2.45) is 0 Å². The number of aromatic nitrogens is 1. The fraction of sp³-hybridized carbons (Fsp3) is 0.333. The first kappa shape index (κ1) is 17.2. The van der Waals surface area contributed by atoms with E-state index < -0.39 is 0 Å². The van der Waals surface area contributed by atoms with Gasteiger partial charge in [0, 0.05) is 13.1 Å². The highest BCUT2D eigenvalue weighted by atomic mass is 32.1. The summed E-state index contributed by atoms with van der Waals surface area (Å²) in [5.74, 6) is 0.227. The molecule has 0 bridgehead atoms. The molecule has 2 aromatic carbocycles. The van der Waals surface area contributed by atoms with Crippen molar-refractivity contribution in [3.05, 3.63) is 64.7 Å². The highest BCUT2D eigenvalue weighted by molar-refractivity contribution is 7.18. The van der Waals surface area contributed by atoms with E-state index in [1.54, 1.807) is 11.3 Å². The van der Waals surface area contributed by atoms with E-state index in [2.05, 4.69) is 44.3 Å². The summed E-state index contributed by atoms with van der Waals surface area (Å²) in [7, 11) is 2.09. The van der Waals surface area contributed by atoms with Crippen molar-refractivity contribution in [2.75, 3.05) is 20.1 Å². The predicted molar refractivity (Wildman–Crippen MR) is 105 cm³/mol. The highest BCUT2D eigenvalue weighted by Gasteiger charge is 2.26. The van der Waals surface area contributed by atoms with Crippen LogP contribution in [0.25, 0.3) is 10.2 Å². The molecular weight excluding hydrogens is 342 g/mol. The second-order valence-corrected chi connectivity index (χ2v) is 8.16. The number of fused-ring (bicyclic) bond motifs is 2. The second-order valence-electron chi connectivity index (χ2n) is 7.10. The molecule has 0 spiro atoms. The molecule has 0 saturated heterocycles. The number of quaternary nitrogens is 1. The normalized spacial score (nSPS) is 16.3. The number of hydrogen-bond donors (Lipinski definition) is 1. The molecule has 134 valence electrons. The van der Waals surface area contributed by atoms with Crippen LogP contribution in [0.2, 0.25) is 0 Å². The first-order chi connectivity index (χ1) is 12.6. The van der Waals surface area contributed by atoms with E-state index in [4.69, 9.17) is 4.98 Å². The highest BCUT2D eigenvalue weighted by Crippen LogP contribution is 2.24. The first-order valence-electron chi connectivity index (χ1n) is 9.14. The van der Waals surface area contributed by atoms with Gasteiger partial charge in [-0.25, -0.2) is 4.98 Å². The summed E-state index contributed by atoms with van der Waals surface area (Å²) in [6.45, 7) is 4.21. The lowest BCUT2D eigenvalue weighted by Gasteiger charge is -2.30. The number of likely N-dealkylation sites (N-methyl/N-ethyl adjacent to an activating group) is 1. The van der Waals surface area contributed by atoms with Crippen LogP contribution in [-0.2, 0) is 17.8 Å². The van der Waals surface area contributed by atoms with Gasteiger partial charge in [0.2, 0.25) is 0 Å². The van der Waals surface area contributed by atoms with Crippen LogP contribution in [0.15, 0.2) is 48.5 Å². The Morgan fingerprint density at radius 3 is 2.73 bits per heavy atom. The van der Waals surface area contributed by atoms with Crippen molar-refractivity contribution in [3.63, 3.8) is 0 Å². The number of thiazole rings is 1. The summed E-state index contributed by atoms with van der Waals surface area (Å²) in [4.78, 5) is 20.8. The minimum atomic E-state index is 0.202. The molecule has 3 aromatic rings. The monoisotopic (exact) mass is 366 g/mol. The molecule has 2 atom stereocenters. The molecule has 4 rings (SSSR count). The van der Waals surface area contributed by atoms with Gasteiger partial charge in [0.05, 0.1) is 17.3 Å². The standard InChI is InChI=1S/C21H23N3OS/c1-15(21-22-18-9-5-6-10-19(18)26-21)23(2)14-20(25)24-12-11-16-7-3-4-8-17(16)13-24/h3-10,15H,11-14H2,1-2H3/p+1/t15-/m0/s1. The molecule has 1 unspecified atom stereocenters. The molecule has 1 aliphatic heterocycles. The quantitative estimate of drug-likeness (QED) is 0.770. The fourth-order valence-corrected chi connectivity index (χ4v) is 4.61. The molecule has 0 fully saturated rings. The Hall–Kier alpha value is -2.24. The van der Waals surface area contributed by atoms with Crippen LogP contribution >= 0.6 is 11.3 Å². The molecule has 1 amide bonds. The van der Waals surface area contributed by atoms with E-state index in [-0.39, 0.29) is 11.9 Å². The van der Waals surface area contributed by atoms with E-state index in [0.29, 0.717) is 6.54 Å². The zero-order valence-electron chi connectivity index (χ0n) is 15.2. The van der Waals surface area contributed by atoms with Crippen LogP contribution in [0.3, 0.4) is 0 Å². The van der Waals surface area contributed by atoms with Crippen LogP contribution in [0.1, 0.15) is 29.1 Å². The molecular formula is C21H24N3OS+. The number of nitrogens with one attached hydrogen (secondary N) is 1. The SMILES string of the molecule is C[C@@H](c1nc2ccccc2s1)[NH+](C)CC(=O)N1CCc2ccccc2C1. The fourth-order valence-electron chi connectivity index (χ4n) is 3.50. The van der Waals surface area contributed by atoms with Crippen LogP contribution in [0.4, 0.5) is 0 Å². The van der Waals surface area contributed by atoms with Gasteiger partial charge in [-0.05, 0) is 36.6 Å². The van der Waals surface area contributed by atoms with Gasteiger partial charge in [0.1, 0.15) is 6.04 Å². The lowest BCUT2D eigenvalue weighted by Crippen LogP contribution is -3.10. The molecule has 4 nitrogen and oxygen atoms in total. The number of hydrogen-bond acceptors (Lipinski definition) is 3. The number of amides is 1. The molecule has 0 saturated carbocycles. The first-order valence-corrected chi connectivity index (χ1v) is 9.96. The van der Waals surface area contributed by atoms with Gasteiger partial charge in [-0.1, -0.05) is 36.4 Å². The Kier molecular flexibility index (Phi) is 4.74. The maximum Gasteiger partial charge on any atom is 0.278 e. The maximum absolute atomic E-state index is 12.8. The summed E-state index contributed by atoms with van der Waals surface area (Å²) >= 11 is 1.73. The van der Waals surface area contributed by atoms with Crippen molar-refractivity contribution in [3.8, 4) is 0 Å². The Balaban J connectivity index is 1.42. The molecule has 0 aliphatic carbocycles. The largest absolute Gasteiger partial charge is 0.333 e. The number of nitrogens with zero attached hydrogens (tertiary/aromatic N) is 2. The Morgan fingerprint density at radius 2 is 1.92 bits per heavy atom. The number of benzene rings is 2. The van der Waals surface area contributed by atoms with Crippen LogP contribution < -0.4 is 4.90 Å². The predicted octanol–water partition coefficient (Wildman–Crippen LogP) is 2.46. The van der Waals surface area contributed by atoms with Gasteiger partial charge in [0.25, 0.3) is 5.91 Å². The number of para-hydroxylation sites is 1. The molecule has 26 heavy (non-hydrogen) atoms. The molecule has 0 radical (unpaired) electrons. The van der Waals surface area contributed by atoms with Gasteiger partial charge in [0.15, 0.2) is 11.6 Å². The summed E-state index contributed by atoms with van der Waals surface area (Å²) in [5, 5.41) is 1.10. The molecule has 1 aliphatic rings. The Labute approximate surface area is 158 Å². The minimum absolute atomic E-state index is 0.202. The average Bonchev–Trinajstić information content (AvgIpc) is 3.11. The van der Waals surface area contributed by atoms with Crippen LogP contribution in [-0.4, -0.2) is 35.9 Å². The summed E-state index contributed by atoms with van der Waals surface area (Å²) in [6.07, 6.45) is 0.953. The Bertz CT molecular complexity index is 903. The maximum atomic E-state index is 12.8. The van der Waals surface area contributed by atoms with E-state index in [1.165, 1.54) is 20.7 Å². The number of carbonyl (C=O) groups is 1. The molecule has 1 N–H and O–H groups in total. The van der Waals surface area contributed by atoms with Gasteiger partial charge in [-0.2, -0.15) is 0 Å². The van der Waals surface area contributed by atoms with Gasteiger partial charge < -0.3 is 9.80 Å². The Morgan fingerprint density at radius 1 is 1.19 bits per heavy atom. The molecule has 2 heterocycles. The van der Waals surface area contributed by atoms with Crippen molar-refractivity contribution < 1.29 is 9.69 Å². The summed E-state index contributed by atoms with van der Waals surface area (Å²) in [6, 6.07) is 16.9. The second kappa shape index (κ2) is 7.17. The van der Waals surface area contributed by atoms with Crippen molar-refractivity contribution >= 4 is 27.5 Å². The smallest absolute Gasteiger partial charge is 0.278 e. The van der Waals surface area contributed by atoms with E-state index in [9.17, 15) is 4.79 Å². The van der Waals surface area contributed by atoms with Gasteiger partial charge >= 0.3 is 0 Å². The zero-order chi connectivity index (χ0) is 18.1. The molecule has 1 aromatic heterocycles. The van der Waals surface area contributed by atoms with Crippen molar-refractivity contribution in [1.29, 1.82) is 0 Å². The van der Waals surface area contributed by atoms with E-state index in [1.807, 2.05) is 23.1 Å². The average molecular weight is 367 g/mol. The lowest BCUT2D eigenvalue weighted by molar-refractivity contribution is -0.902. The summed E-state index contributed by atoms with van der Waals surface area (Å²) < 4.78 is 1.21. The van der Waals surface area contributed by atoms with Crippen molar-refractivity contribution in [2.45, 2.75) is 25.9 Å². The van der Waals surface area contributed by atoms with Crippen LogP contribution in [0, 0.1) is 0 Å². The summed E-state index contributed by atoms with van der Waals surface area (Å²) in [5.41, 5.74) is 3.70. The lowest BCUT2D eigenvalue weighted by atomic mass is 10.00. The van der Waals surface area contributed by atoms with Gasteiger partial charge in [-0.15, -0.1) is 11.3 Å². The molecule has 5 heteroatoms.